The first kappa shape index (κ1) is 17.4. The Bertz CT molecular complexity index is 996. The number of hydrogen-bond acceptors (Lipinski definition) is 6. The van der Waals surface area contributed by atoms with E-state index in [1.807, 2.05) is 54.9 Å². The summed E-state index contributed by atoms with van der Waals surface area (Å²) in [4.78, 5) is 4.45. The monoisotopic (exact) mass is 378 g/mol. The van der Waals surface area contributed by atoms with Crippen molar-refractivity contribution in [1.82, 2.24) is 19.7 Å². The molecule has 0 unspecified atom stereocenters. The fourth-order valence-corrected chi connectivity index (χ4v) is 3.38. The average Bonchev–Trinajstić information content (AvgIpc) is 3.37. The predicted octanol–water partition coefficient (Wildman–Crippen LogP) is 4.28. The molecular formula is C20H18N4O2S. The summed E-state index contributed by atoms with van der Waals surface area (Å²) in [6, 6.07) is 17.8. The van der Waals surface area contributed by atoms with Gasteiger partial charge in [0.2, 0.25) is 5.89 Å². The maximum absolute atomic E-state index is 5.76. The maximum Gasteiger partial charge on any atom is 0.277 e. The van der Waals surface area contributed by atoms with E-state index in [0.29, 0.717) is 16.9 Å². The minimum absolute atomic E-state index is 0.493. The first-order valence-corrected chi connectivity index (χ1v) is 9.45. The van der Waals surface area contributed by atoms with Gasteiger partial charge in [0, 0.05) is 24.5 Å². The van der Waals surface area contributed by atoms with Crippen molar-refractivity contribution in [3.8, 4) is 17.2 Å². The Hall–Kier alpha value is -3.06. The van der Waals surface area contributed by atoms with Gasteiger partial charge in [-0.15, -0.1) is 10.2 Å². The summed E-state index contributed by atoms with van der Waals surface area (Å²) in [6.07, 6.45) is 3.80. The quantitative estimate of drug-likeness (QED) is 0.447. The van der Waals surface area contributed by atoms with Crippen LogP contribution in [0.2, 0.25) is 0 Å². The van der Waals surface area contributed by atoms with Gasteiger partial charge in [0.1, 0.15) is 11.6 Å². The highest BCUT2D eigenvalue weighted by molar-refractivity contribution is 7.98. The molecule has 4 aromatic rings. The van der Waals surface area contributed by atoms with Crippen molar-refractivity contribution in [2.75, 3.05) is 7.11 Å². The van der Waals surface area contributed by atoms with Gasteiger partial charge in [-0.25, -0.2) is 4.98 Å². The number of hydrogen-bond donors (Lipinski definition) is 0. The van der Waals surface area contributed by atoms with E-state index in [1.165, 1.54) is 17.3 Å². The number of ether oxygens (including phenoxy) is 1. The molecule has 0 amide bonds. The summed E-state index contributed by atoms with van der Waals surface area (Å²) in [6.45, 7) is 0.789. The molecule has 0 spiro atoms. The lowest BCUT2D eigenvalue weighted by Crippen LogP contribution is -2.03. The minimum Gasteiger partial charge on any atom is -0.497 e. The number of imidazole rings is 1. The van der Waals surface area contributed by atoms with E-state index in [-0.39, 0.29) is 0 Å². The van der Waals surface area contributed by atoms with Crippen molar-refractivity contribution >= 4 is 11.8 Å². The summed E-state index contributed by atoms with van der Waals surface area (Å²) < 4.78 is 13.1. The summed E-state index contributed by atoms with van der Waals surface area (Å²) >= 11 is 1.48. The molecule has 0 aliphatic carbocycles. The van der Waals surface area contributed by atoms with Crippen LogP contribution < -0.4 is 4.74 Å². The van der Waals surface area contributed by atoms with Gasteiger partial charge in [-0.3, -0.25) is 0 Å². The molecule has 0 bridgehead atoms. The molecule has 0 N–H and O–H groups in total. The second kappa shape index (κ2) is 8.09. The molecule has 4 rings (SSSR count). The molecule has 0 radical (unpaired) electrons. The van der Waals surface area contributed by atoms with Gasteiger partial charge in [0.05, 0.1) is 12.9 Å². The normalized spacial score (nSPS) is 10.9. The summed E-state index contributed by atoms with van der Waals surface area (Å²) in [5.74, 6) is 2.91. The van der Waals surface area contributed by atoms with Crippen molar-refractivity contribution in [2.45, 2.75) is 17.5 Å². The first-order valence-electron chi connectivity index (χ1n) is 8.46. The van der Waals surface area contributed by atoms with Crippen LogP contribution in [0.3, 0.4) is 0 Å². The number of benzene rings is 2. The average molecular weight is 378 g/mol. The van der Waals surface area contributed by atoms with Gasteiger partial charge in [-0.1, -0.05) is 42.1 Å². The van der Waals surface area contributed by atoms with Gasteiger partial charge < -0.3 is 13.7 Å². The largest absolute Gasteiger partial charge is 0.497 e. The molecule has 2 aromatic carbocycles. The van der Waals surface area contributed by atoms with Crippen molar-refractivity contribution < 1.29 is 9.15 Å². The smallest absolute Gasteiger partial charge is 0.277 e. The van der Waals surface area contributed by atoms with Crippen LogP contribution in [-0.4, -0.2) is 26.9 Å². The zero-order chi connectivity index (χ0) is 18.5. The Morgan fingerprint density at radius 3 is 2.63 bits per heavy atom. The van der Waals surface area contributed by atoms with Crippen molar-refractivity contribution in [2.24, 2.45) is 0 Å². The zero-order valence-corrected chi connectivity index (χ0v) is 15.6. The maximum atomic E-state index is 5.76. The second-order valence-electron chi connectivity index (χ2n) is 5.85. The lowest BCUT2D eigenvalue weighted by Gasteiger charge is -2.06. The fraction of sp³-hybridized carbons (Fsp3) is 0.150. The lowest BCUT2D eigenvalue weighted by atomic mass is 10.2. The Kier molecular flexibility index (Phi) is 5.20. The third-order valence-electron chi connectivity index (χ3n) is 4.07. The summed E-state index contributed by atoms with van der Waals surface area (Å²) in [5.41, 5.74) is 2.10. The third kappa shape index (κ3) is 4.20. The highest BCUT2D eigenvalue weighted by Crippen LogP contribution is 2.26. The van der Waals surface area contributed by atoms with Gasteiger partial charge in [0.25, 0.3) is 5.22 Å². The zero-order valence-electron chi connectivity index (χ0n) is 14.8. The lowest BCUT2D eigenvalue weighted by molar-refractivity contribution is 0.414. The van der Waals surface area contributed by atoms with Crippen LogP contribution in [0.4, 0.5) is 0 Å². The minimum atomic E-state index is 0.493. The van der Waals surface area contributed by atoms with E-state index in [4.69, 9.17) is 9.15 Å². The van der Waals surface area contributed by atoms with Gasteiger partial charge >= 0.3 is 0 Å². The van der Waals surface area contributed by atoms with Gasteiger partial charge in [-0.2, -0.15) is 0 Å². The van der Waals surface area contributed by atoms with E-state index >= 15 is 0 Å². The van der Waals surface area contributed by atoms with Crippen LogP contribution in [0.15, 0.2) is 76.6 Å². The first-order chi connectivity index (χ1) is 13.3. The Morgan fingerprint density at radius 2 is 1.85 bits per heavy atom. The van der Waals surface area contributed by atoms with Crippen molar-refractivity contribution in [1.29, 1.82) is 0 Å². The van der Waals surface area contributed by atoms with E-state index in [2.05, 4.69) is 31.9 Å². The van der Waals surface area contributed by atoms with Crippen molar-refractivity contribution in [3.63, 3.8) is 0 Å². The van der Waals surface area contributed by atoms with E-state index in [1.54, 1.807) is 7.11 Å². The summed E-state index contributed by atoms with van der Waals surface area (Å²) in [7, 11) is 1.64. The Balaban J connectivity index is 1.41. The van der Waals surface area contributed by atoms with E-state index in [0.717, 1.165) is 23.7 Å². The molecule has 6 nitrogen and oxygen atoms in total. The SMILES string of the molecule is COc1ccc(-c2nnc(SCc3nccn3Cc3ccccc3)o2)cc1. The van der Waals surface area contributed by atoms with Crippen LogP contribution in [0.1, 0.15) is 11.4 Å². The van der Waals surface area contributed by atoms with Crippen molar-refractivity contribution in [3.05, 3.63) is 78.4 Å². The van der Waals surface area contributed by atoms with E-state index in [9.17, 15) is 0 Å². The van der Waals surface area contributed by atoms with Crippen LogP contribution in [0.5, 0.6) is 5.75 Å². The molecule has 0 aliphatic rings. The fourth-order valence-electron chi connectivity index (χ4n) is 2.65. The molecule has 0 saturated carbocycles. The highest BCUT2D eigenvalue weighted by atomic mass is 32.2. The molecule has 7 heteroatoms. The van der Waals surface area contributed by atoms with Crippen LogP contribution in [-0.2, 0) is 12.3 Å². The molecule has 27 heavy (non-hydrogen) atoms. The standard InChI is InChI=1S/C20H18N4O2S/c1-25-17-9-7-16(8-10-17)19-22-23-20(26-19)27-14-18-21-11-12-24(18)13-15-5-3-2-4-6-15/h2-12H,13-14H2,1H3. The molecule has 2 aromatic heterocycles. The Labute approximate surface area is 161 Å². The number of methoxy groups -OCH3 is 1. The topological polar surface area (TPSA) is 66.0 Å². The molecule has 0 atom stereocenters. The predicted molar refractivity (Wildman–Crippen MR) is 104 cm³/mol. The Morgan fingerprint density at radius 1 is 1.04 bits per heavy atom. The number of aromatic nitrogens is 4. The second-order valence-corrected chi connectivity index (χ2v) is 6.77. The molecule has 136 valence electrons. The van der Waals surface area contributed by atoms with Crippen LogP contribution >= 0.6 is 11.8 Å². The van der Waals surface area contributed by atoms with Gasteiger partial charge in [0.15, 0.2) is 0 Å². The van der Waals surface area contributed by atoms with E-state index < -0.39 is 0 Å². The molecule has 2 heterocycles. The number of nitrogens with zero attached hydrogens (tertiary/aromatic N) is 4. The highest BCUT2D eigenvalue weighted by Gasteiger charge is 2.11. The number of rotatable bonds is 7. The van der Waals surface area contributed by atoms with Crippen LogP contribution in [0, 0.1) is 0 Å². The van der Waals surface area contributed by atoms with Gasteiger partial charge in [-0.05, 0) is 29.8 Å². The summed E-state index contributed by atoms with van der Waals surface area (Å²) in [5, 5.41) is 8.78. The van der Waals surface area contributed by atoms with Crippen LogP contribution in [0.25, 0.3) is 11.5 Å². The number of thioether (sulfide) groups is 1. The third-order valence-corrected chi connectivity index (χ3v) is 4.88. The molecule has 0 fully saturated rings. The molecule has 0 aliphatic heterocycles. The molecule has 0 saturated heterocycles. The molecular weight excluding hydrogens is 360 g/mol.